The van der Waals surface area contributed by atoms with Crippen molar-refractivity contribution in [2.75, 3.05) is 7.05 Å². The van der Waals surface area contributed by atoms with Crippen LogP contribution in [0.5, 0.6) is 0 Å². The van der Waals surface area contributed by atoms with E-state index in [1.54, 1.807) is 24.2 Å². The Labute approximate surface area is 147 Å². The van der Waals surface area contributed by atoms with Crippen LogP contribution in [0, 0.1) is 5.92 Å². The zero-order chi connectivity index (χ0) is 18.3. The van der Waals surface area contributed by atoms with Gasteiger partial charge in [-0.05, 0) is 36.8 Å². The molecule has 0 unspecified atom stereocenters. The average Bonchev–Trinajstić information content (AvgIpc) is 2.56. The molecule has 3 heteroatoms. The van der Waals surface area contributed by atoms with Gasteiger partial charge in [0.2, 0.25) is 0 Å². The summed E-state index contributed by atoms with van der Waals surface area (Å²) in [4.78, 5) is 0. The van der Waals surface area contributed by atoms with Crippen LogP contribution in [0.15, 0.2) is 66.4 Å². The summed E-state index contributed by atoms with van der Waals surface area (Å²) in [6.45, 7) is 14.2. The van der Waals surface area contributed by atoms with Crippen LogP contribution in [0.3, 0.4) is 0 Å². The number of hydrogen-bond acceptors (Lipinski definition) is 3. The van der Waals surface area contributed by atoms with Crippen LogP contribution in [0.1, 0.15) is 38.3 Å². The first-order valence-electron chi connectivity index (χ1n) is 8.36. The number of nitrogens with zero attached hydrogens (tertiary/aromatic N) is 1. The highest BCUT2D eigenvalue weighted by atomic mass is 15.4. The molecule has 4 N–H and O–H groups in total. The minimum atomic E-state index is 0.645. The molecule has 0 aliphatic rings. The minimum absolute atomic E-state index is 0.645. The third-order valence-corrected chi connectivity index (χ3v) is 4.10. The summed E-state index contributed by atoms with van der Waals surface area (Å²) in [6.07, 6.45) is 5.68. The minimum Gasteiger partial charge on any atom is -0.396 e. The fraction of sp³-hybridized carbons (Fsp3) is 0.333. The molecule has 130 valence electrons. The maximum absolute atomic E-state index is 6.56. The van der Waals surface area contributed by atoms with Gasteiger partial charge in [0, 0.05) is 18.2 Å². The quantitative estimate of drug-likeness (QED) is 0.423. The van der Waals surface area contributed by atoms with Crippen LogP contribution in [0.2, 0.25) is 0 Å². The molecule has 0 radical (unpaired) electrons. The Morgan fingerprint density at radius 2 is 1.83 bits per heavy atom. The van der Waals surface area contributed by atoms with Crippen molar-refractivity contribution >= 4 is 5.70 Å². The Balaban J connectivity index is 3.53. The third kappa shape index (κ3) is 4.87. The fourth-order valence-electron chi connectivity index (χ4n) is 2.65. The molecular formula is C21H31N3. The molecule has 3 nitrogen and oxygen atoms in total. The van der Waals surface area contributed by atoms with E-state index in [1.165, 1.54) is 5.56 Å². The van der Waals surface area contributed by atoms with Gasteiger partial charge in [-0.2, -0.15) is 0 Å². The second kappa shape index (κ2) is 9.14. The van der Waals surface area contributed by atoms with E-state index in [9.17, 15) is 0 Å². The van der Waals surface area contributed by atoms with Gasteiger partial charge in [-0.15, -0.1) is 0 Å². The van der Waals surface area contributed by atoms with Crippen molar-refractivity contribution in [2.45, 2.75) is 33.6 Å². The highest BCUT2D eigenvalue weighted by molar-refractivity contribution is 5.73. The molecule has 0 aliphatic heterocycles. The van der Waals surface area contributed by atoms with Crippen LogP contribution in [-0.2, 0) is 6.42 Å². The van der Waals surface area contributed by atoms with Gasteiger partial charge in [0.05, 0.1) is 11.4 Å². The summed E-state index contributed by atoms with van der Waals surface area (Å²) < 4.78 is 0. The number of hydrogen-bond donors (Lipinski definition) is 2. The molecule has 1 aromatic carbocycles. The smallest absolute Gasteiger partial charge is 0.0824 e. The Kier molecular flexibility index (Phi) is 7.53. The van der Waals surface area contributed by atoms with Crippen LogP contribution in [0.25, 0.3) is 5.70 Å². The Morgan fingerprint density at radius 3 is 2.33 bits per heavy atom. The van der Waals surface area contributed by atoms with Crippen LogP contribution in [-0.4, -0.2) is 12.1 Å². The molecular weight excluding hydrogens is 294 g/mol. The summed E-state index contributed by atoms with van der Waals surface area (Å²) in [7, 11) is 1.79. The number of aryl methyl sites for hydroxylation is 1. The number of benzene rings is 1. The monoisotopic (exact) mass is 325 g/mol. The molecule has 1 aromatic rings. The molecule has 0 spiro atoms. The summed E-state index contributed by atoms with van der Waals surface area (Å²) in [5, 5.41) is 1.55. The second-order valence-corrected chi connectivity index (χ2v) is 6.47. The molecule has 1 rings (SSSR count). The highest BCUT2D eigenvalue weighted by Gasteiger charge is 2.16. The van der Waals surface area contributed by atoms with Gasteiger partial charge in [0.1, 0.15) is 0 Å². The van der Waals surface area contributed by atoms with Gasteiger partial charge in [-0.25, -0.2) is 5.84 Å². The van der Waals surface area contributed by atoms with Gasteiger partial charge in [0.25, 0.3) is 0 Å². The zero-order valence-corrected chi connectivity index (χ0v) is 15.5. The van der Waals surface area contributed by atoms with Crippen molar-refractivity contribution in [3.05, 3.63) is 77.5 Å². The normalized spacial score (nSPS) is 13.2. The summed E-state index contributed by atoms with van der Waals surface area (Å²) in [6, 6.07) is 8.25. The lowest BCUT2D eigenvalue weighted by atomic mass is 9.94. The predicted molar refractivity (Wildman–Crippen MR) is 106 cm³/mol. The van der Waals surface area contributed by atoms with Crippen LogP contribution < -0.4 is 11.6 Å². The number of rotatable bonds is 8. The molecule has 0 aromatic heterocycles. The van der Waals surface area contributed by atoms with Gasteiger partial charge in [0.15, 0.2) is 0 Å². The van der Waals surface area contributed by atoms with Crippen molar-refractivity contribution in [1.29, 1.82) is 0 Å². The lowest BCUT2D eigenvalue weighted by Crippen LogP contribution is -2.29. The highest BCUT2D eigenvalue weighted by Crippen LogP contribution is 2.27. The van der Waals surface area contributed by atoms with Crippen molar-refractivity contribution in [3.8, 4) is 0 Å². The van der Waals surface area contributed by atoms with E-state index >= 15 is 0 Å². The van der Waals surface area contributed by atoms with Crippen molar-refractivity contribution in [1.82, 2.24) is 5.01 Å². The van der Waals surface area contributed by atoms with Gasteiger partial charge >= 0.3 is 0 Å². The first-order valence-corrected chi connectivity index (χ1v) is 8.36. The van der Waals surface area contributed by atoms with Crippen LogP contribution >= 0.6 is 0 Å². The number of nitrogens with two attached hydrogens (primary N) is 2. The number of likely N-dealkylation sites (N-methyl/N-ethyl adjacent to an activating group) is 1. The Hall–Kier alpha value is -2.26. The maximum Gasteiger partial charge on any atom is 0.0824 e. The van der Waals surface area contributed by atoms with Crippen molar-refractivity contribution in [2.24, 2.45) is 17.5 Å². The predicted octanol–water partition coefficient (Wildman–Crippen LogP) is 4.40. The standard InChI is InChI=1S/C21H31N3/c1-7-16(5)18(8-2)21(24(6)23)20(22)19-12-10-9-11-17(19)14-13-15(3)4/h7-12,15H,1-2,13-14,22-23H2,3-6H3/b18-16+,21-20-. The summed E-state index contributed by atoms with van der Waals surface area (Å²) >= 11 is 0. The number of hydrazine groups is 1. The molecule has 0 amide bonds. The second-order valence-electron chi connectivity index (χ2n) is 6.47. The first kappa shape index (κ1) is 19.8. The largest absolute Gasteiger partial charge is 0.396 e. The maximum atomic E-state index is 6.56. The van der Waals surface area contributed by atoms with Gasteiger partial charge < -0.3 is 10.7 Å². The van der Waals surface area contributed by atoms with E-state index in [-0.39, 0.29) is 0 Å². The molecule has 0 fully saturated rings. The number of allylic oxidation sites excluding steroid dienone is 3. The SMILES string of the molecule is C=C/C(C)=C(C=C)/C(=C(/N)c1ccccc1CCC(C)C)N(C)N. The summed E-state index contributed by atoms with van der Waals surface area (Å²) in [5.74, 6) is 6.74. The lowest BCUT2D eigenvalue weighted by Gasteiger charge is -2.23. The van der Waals surface area contributed by atoms with E-state index in [1.807, 2.05) is 13.0 Å². The van der Waals surface area contributed by atoms with Crippen molar-refractivity contribution in [3.63, 3.8) is 0 Å². The van der Waals surface area contributed by atoms with Gasteiger partial charge in [-0.1, -0.05) is 63.4 Å². The zero-order valence-electron chi connectivity index (χ0n) is 15.5. The first-order chi connectivity index (χ1) is 11.3. The Bertz CT molecular complexity index is 649. The lowest BCUT2D eigenvalue weighted by molar-refractivity contribution is 0.452. The molecule has 0 heterocycles. The third-order valence-electron chi connectivity index (χ3n) is 4.10. The van der Waals surface area contributed by atoms with E-state index in [0.717, 1.165) is 35.2 Å². The molecule has 24 heavy (non-hydrogen) atoms. The van der Waals surface area contributed by atoms with Crippen molar-refractivity contribution < 1.29 is 0 Å². The molecule has 0 aliphatic carbocycles. The van der Waals surface area contributed by atoms with Gasteiger partial charge in [-0.3, -0.25) is 0 Å². The molecule has 0 saturated heterocycles. The molecule has 0 saturated carbocycles. The van der Waals surface area contributed by atoms with E-state index in [0.29, 0.717) is 11.6 Å². The molecule has 0 atom stereocenters. The molecule has 0 bridgehead atoms. The van der Waals surface area contributed by atoms with E-state index in [4.69, 9.17) is 11.6 Å². The van der Waals surface area contributed by atoms with E-state index in [2.05, 4.69) is 45.2 Å². The van der Waals surface area contributed by atoms with Crippen LogP contribution in [0.4, 0.5) is 0 Å². The van der Waals surface area contributed by atoms with E-state index < -0.39 is 0 Å². The topological polar surface area (TPSA) is 55.3 Å². The average molecular weight is 326 g/mol. The fourth-order valence-corrected chi connectivity index (χ4v) is 2.65. The Morgan fingerprint density at radius 1 is 1.21 bits per heavy atom. The summed E-state index contributed by atoms with van der Waals surface area (Å²) in [5.41, 5.74) is 12.1.